The lowest BCUT2D eigenvalue weighted by molar-refractivity contribution is 0.208. The van der Waals surface area contributed by atoms with Crippen molar-refractivity contribution in [3.8, 4) is 0 Å². The zero-order chi connectivity index (χ0) is 14.7. The fourth-order valence-electron chi connectivity index (χ4n) is 3.84. The van der Waals surface area contributed by atoms with E-state index in [4.69, 9.17) is 5.84 Å². The van der Waals surface area contributed by atoms with Gasteiger partial charge in [0.25, 0.3) is 0 Å². The van der Waals surface area contributed by atoms with Crippen LogP contribution in [0.1, 0.15) is 50.8 Å². The molecule has 1 aliphatic carbocycles. The number of hydrogen-bond donors (Lipinski definition) is 2. The number of aromatic nitrogens is 1. The summed E-state index contributed by atoms with van der Waals surface area (Å²) in [6.45, 7) is 2.30. The molecule has 1 aliphatic rings. The third-order valence-electron chi connectivity index (χ3n) is 5.05. The van der Waals surface area contributed by atoms with Gasteiger partial charge in [0.1, 0.15) is 0 Å². The minimum absolute atomic E-state index is 0.158. The molecule has 21 heavy (non-hydrogen) atoms. The molecule has 1 aromatic carbocycles. The molecule has 0 spiro atoms. The highest BCUT2D eigenvalue weighted by Crippen LogP contribution is 2.39. The quantitative estimate of drug-likeness (QED) is 0.659. The SMILES string of the molecule is CCC1CCCC(C(NN)c2nccc3ccccc23)C1. The highest BCUT2D eigenvalue weighted by molar-refractivity contribution is 5.84. The van der Waals surface area contributed by atoms with E-state index in [2.05, 4.69) is 47.7 Å². The Morgan fingerprint density at radius 1 is 1.29 bits per heavy atom. The highest BCUT2D eigenvalue weighted by atomic mass is 15.2. The van der Waals surface area contributed by atoms with Crippen molar-refractivity contribution in [2.45, 2.75) is 45.1 Å². The number of hydrogen-bond acceptors (Lipinski definition) is 3. The zero-order valence-electron chi connectivity index (χ0n) is 12.8. The molecule has 3 unspecified atom stereocenters. The number of nitrogens with two attached hydrogens (primary N) is 1. The molecule has 3 N–H and O–H groups in total. The number of fused-ring (bicyclic) bond motifs is 1. The second-order valence-electron chi connectivity index (χ2n) is 6.26. The van der Waals surface area contributed by atoms with Crippen molar-refractivity contribution < 1.29 is 0 Å². The van der Waals surface area contributed by atoms with Crippen molar-refractivity contribution in [3.63, 3.8) is 0 Å². The Hall–Kier alpha value is -1.45. The van der Waals surface area contributed by atoms with Crippen LogP contribution in [0.3, 0.4) is 0 Å². The standard InChI is InChI=1S/C18H25N3/c1-2-13-6-5-8-15(12-13)17(21-19)18-16-9-4-3-7-14(16)10-11-20-18/h3-4,7,9-11,13,15,17,21H,2,5-6,8,12,19H2,1H3. The van der Waals surface area contributed by atoms with Gasteiger partial charge in [0.2, 0.25) is 0 Å². The molecular formula is C18H25N3. The van der Waals surface area contributed by atoms with Gasteiger partial charge in [0, 0.05) is 11.6 Å². The van der Waals surface area contributed by atoms with Crippen LogP contribution in [0.5, 0.6) is 0 Å². The molecule has 3 rings (SSSR count). The van der Waals surface area contributed by atoms with Crippen molar-refractivity contribution in [3.05, 3.63) is 42.2 Å². The minimum Gasteiger partial charge on any atom is -0.271 e. The van der Waals surface area contributed by atoms with E-state index >= 15 is 0 Å². The van der Waals surface area contributed by atoms with Gasteiger partial charge >= 0.3 is 0 Å². The largest absolute Gasteiger partial charge is 0.271 e. The van der Waals surface area contributed by atoms with Gasteiger partial charge in [0.15, 0.2) is 0 Å². The first kappa shape index (κ1) is 14.5. The molecule has 0 bridgehead atoms. The lowest BCUT2D eigenvalue weighted by Gasteiger charge is -2.34. The van der Waals surface area contributed by atoms with Crippen LogP contribution in [0.25, 0.3) is 10.8 Å². The van der Waals surface area contributed by atoms with Crippen molar-refractivity contribution in [2.75, 3.05) is 0 Å². The Kier molecular flexibility index (Phi) is 4.51. The molecule has 1 fully saturated rings. The van der Waals surface area contributed by atoms with E-state index in [1.165, 1.54) is 42.9 Å². The minimum atomic E-state index is 0.158. The van der Waals surface area contributed by atoms with Crippen molar-refractivity contribution in [1.29, 1.82) is 0 Å². The van der Waals surface area contributed by atoms with Gasteiger partial charge in [-0.25, -0.2) is 0 Å². The van der Waals surface area contributed by atoms with Gasteiger partial charge in [-0.15, -0.1) is 0 Å². The van der Waals surface area contributed by atoms with Crippen molar-refractivity contribution in [2.24, 2.45) is 17.7 Å². The number of nitrogens with zero attached hydrogens (tertiary/aromatic N) is 1. The smallest absolute Gasteiger partial charge is 0.0667 e. The average molecular weight is 283 g/mol. The molecule has 0 amide bonds. The summed E-state index contributed by atoms with van der Waals surface area (Å²) in [5.41, 5.74) is 4.17. The maximum Gasteiger partial charge on any atom is 0.0667 e. The Morgan fingerprint density at radius 3 is 2.95 bits per heavy atom. The van der Waals surface area contributed by atoms with Crippen LogP contribution in [0.4, 0.5) is 0 Å². The predicted molar refractivity (Wildman–Crippen MR) is 87.5 cm³/mol. The molecule has 1 saturated carbocycles. The summed E-state index contributed by atoms with van der Waals surface area (Å²) >= 11 is 0. The summed E-state index contributed by atoms with van der Waals surface area (Å²) in [4.78, 5) is 4.66. The van der Waals surface area contributed by atoms with Crippen LogP contribution in [-0.2, 0) is 0 Å². The van der Waals surface area contributed by atoms with Crippen LogP contribution in [0.2, 0.25) is 0 Å². The normalized spacial score (nSPS) is 24.1. The Labute approximate surface area is 126 Å². The topological polar surface area (TPSA) is 50.9 Å². The molecular weight excluding hydrogens is 258 g/mol. The highest BCUT2D eigenvalue weighted by Gasteiger charge is 2.29. The zero-order valence-corrected chi connectivity index (χ0v) is 12.8. The number of nitrogens with one attached hydrogen (secondary N) is 1. The van der Waals surface area contributed by atoms with Gasteiger partial charge in [-0.1, -0.05) is 50.5 Å². The molecule has 3 atom stereocenters. The molecule has 0 saturated heterocycles. The van der Waals surface area contributed by atoms with E-state index in [1.807, 2.05) is 6.20 Å². The van der Waals surface area contributed by atoms with E-state index < -0.39 is 0 Å². The Morgan fingerprint density at radius 2 is 2.14 bits per heavy atom. The maximum atomic E-state index is 5.92. The second-order valence-corrected chi connectivity index (χ2v) is 6.26. The first-order valence-electron chi connectivity index (χ1n) is 8.13. The van der Waals surface area contributed by atoms with E-state index in [-0.39, 0.29) is 6.04 Å². The number of hydrazine groups is 1. The van der Waals surface area contributed by atoms with E-state index in [9.17, 15) is 0 Å². The monoisotopic (exact) mass is 283 g/mol. The molecule has 3 heteroatoms. The molecule has 112 valence electrons. The third-order valence-corrected chi connectivity index (χ3v) is 5.05. The van der Waals surface area contributed by atoms with E-state index in [1.54, 1.807) is 0 Å². The Balaban J connectivity index is 1.94. The van der Waals surface area contributed by atoms with Crippen molar-refractivity contribution in [1.82, 2.24) is 10.4 Å². The first-order chi connectivity index (χ1) is 10.3. The lowest BCUT2D eigenvalue weighted by Crippen LogP contribution is -2.36. The van der Waals surface area contributed by atoms with Crippen LogP contribution < -0.4 is 11.3 Å². The molecule has 1 heterocycles. The second kappa shape index (κ2) is 6.54. The number of rotatable bonds is 4. The summed E-state index contributed by atoms with van der Waals surface area (Å²) in [5, 5.41) is 2.46. The maximum absolute atomic E-state index is 5.92. The summed E-state index contributed by atoms with van der Waals surface area (Å²) in [6, 6.07) is 10.7. The number of pyridine rings is 1. The lowest BCUT2D eigenvalue weighted by atomic mass is 9.76. The fraction of sp³-hybridized carbons (Fsp3) is 0.500. The average Bonchev–Trinajstić information content (AvgIpc) is 2.56. The summed E-state index contributed by atoms with van der Waals surface area (Å²) in [7, 11) is 0. The van der Waals surface area contributed by atoms with Crippen LogP contribution >= 0.6 is 0 Å². The molecule has 2 aromatic rings. The van der Waals surface area contributed by atoms with Gasteiger partial charge in [0.05, 0.1) is 11.7 Å². The fourth-order valence-corrected chi connectivity index (χ4v) is 3.84. The molecule has 1 aromatic heterocycles. The van der Waals surface area contributed by atoms with Crippen LogP contribution in [-0.4, -0.2) is 4.98 Å². The Bertz CT molecular complexity index is 591. The molecule has 0 aliphatic heterocycles. The van der Waals surface area contributed by atoms with Gasteiger partial charge in [-0.3, -0.25) is 16.3 Å². The molecule has 0 radical (unpaired) electrons. The number of benzene rings is 1. The van der Waals surface area contributed by atoms with Crippen LogP contribution in [0.15, 0.2) is 36.5 Å². The van der Waals surface area contributed by atoms with Gasteiger partial charge in [-0.2, -0.15) is 0 Å². The first-order valence-corrected chi connectivity index (χ1v) is 8.13. The van der Waals surface area contributed by atoms with E-state index in [0.29, 0.717) is 5.92 Å². The van der Waals surface area contributed by atoms with Gasteiger partial charge < -0.3 is 0 Å². The van der Waals surface area contributed by atoms with Gasteiger partial charge in [-0.05, 0) is 36.1 Å². The van der Waals surface area contributed by atoms with Crippen molar-refractivity contribution >= 4 is 10.8 Å². The van der Waals surface area contributed by atoms with Crippen LogP contribution in [0, 0.1) is 11.8 Å². The summed E-state index contributed by atoms with van der Waals surface area (Å²) in [6.07, 6.45) is 8.37. The summed E-state index contributed by atoms with van der Waals surface area (Å²) in [5.74, 6) is 7.36. The van der Waals surface area contributed by atoms with E-state index in [0.717, 1.165) is 11.6 Å². The predicted octanol–water partition coefficient (Wildman–Crippen LogP) is 3.96. The third kappa shape index (κ3) is 2.94. The molecule has 3 nitrogen and oxygen atoms in total. The summed E-state index contributed by atoms with van der Waals surface area (Å²) < 4.78 is 0.